The number of methoxy groups -OCH3 is 1. The van der Waals surface area contributed by atoms with Gasteiger partial charge in [-0.15, -0.1) is 5.10 Å². The quantitative estimate of drug-likeness (QED) is 0.757. The predicted octanol–water partition coefficient (Wildman–Crippen LogP) is 0.131. The van der Waals surface area contributed by atoms with Crippen molar-refractivity contribution >= 4 is 11.8 Å². The number of nitrogens with zero attached hydrogens (tertiary/aromatic N) is 5. The molecule has 0 radical (unpaired) electrons. The van der Waals surface area contributed by atoms with E-state index in [2.05, 4.69) is 15.6 Å². The van der Waals surface area contributed by atoms with Gasteiger partial charge in [-0.3, -0.25) is 14.3 Å². The van der Waals surface area contributed by atoms with Crippen molar-refractivity contribution in [1.82, 2.24) is 30.1 Å². The van der Waals surface area contributed by atoms with E-state index in [9.17, 15) is 9.59 Å². The monoisotopic (exact) mass is 378 g/mol. The van der Waals surface area contributed by atoms with Gasteiger partial charge in [0.1, 0.15) is 6.61 Å². The molecule has 1 aromatic heterocycles. The van der Waals surface area contributed by atoms with Gasteiger partial charge in [0.25, 0.3) is 5.91 Å². The van der Waals surface area contributed by atoms with E-state index in [1.165, 1.54) is 26.4 Å². The summed E-state index contributed by atoms with van der Waals surface area (Å²) >= 11 is 0. The average Bonchev–Trinajstić information content (AvgIpc) is 3.02. The molecule has 9 nitrogen and oxygen atoms in total. The molecule has 2 saturated heterocycles. The van der Waals surface area contributed by atoms with Gasteiger partial charge < -0.3 is 19.9 Å². The number of carbonyl (C=O) groups is 2. The molecule has 0 aliphatic carbocycles. The van der Waals surface area contributed by atoms with Gasteiger partial charge in [0.2, 0.25) is 5.91 Å². The molecular weight excluding hydrogens is 348 g/mol. The van der Waals surface area contributed by atoms with Crippen LogP contribution in [0.2, 0.25) is 0 Å². The largest absolute Gasteiger partial charge is 0.375 e. The van der Waals surface area contributed by atoms with Crippen LogP contribution in [0, 0.1) is 0 Å². The number of ether oxygens (including phenoxy) is 1. The molecule has 2 aliphatic heterocycles. The second-order valence-electron chi connectivity index (χ2n) is 7.26. The lowest BCUT2D eigenvalue weighted by atomic mass is 10.0. The summed E-state index contributed by atoms with van der Waals surface area (Å²) in [5.74, 6) is -0.146. The molecule has 1 N–H and O–H groups in total. The third kappa shape index (κ3) is 5.49. The van der Waals surface area contributed by atoms with Gasteiger partial charge in [-0.05, 0) is 32.2 Å². The molecule has 9 heteroatoms. The predicted molar refractivity (Wildman–Crippen MR) is 99.3 cm³/mol. The van der Waals surface area contributed by atoms with Crippen LogP contribution in [0.25, 0.3) is 0 Å². The summed E-state index contributed by atoms with van der Waals surface area (Å²) in [6.45, 7) is 4.23. The molecule has 2 fully saturated rings. The van der Waals surface area contributed by atoms with Crippen molar-refractivity contribution in [3.05, 3.63) is 11.9 Å². The summed E-state index contributed by atoms with van der Waals surface area (Å²) in [6, 6.07) is 0.531. The summed E-state index contributed by atoms with van der Waals surface area (Å²) in [5.41, 5.74) is 0.378. The van der Waals surface area contributed by atoms with Crippen molar-refractivity contribution in [1.29, 1.82) is 0 Å². The fraction of sp³-hybridized carbons (Fsp3) is 0.778. The van der Waals surface area contributed by atoms with Crippen molar-refractivity contribution in [3.8, 4) is 0 Å². The molecule has 2 aliphatic rings. The van der Waals surface area contributed by atoms with Crippen LogP contribution in [-0.2, 0) is 16.1 Å². The number of aryl methyl sites for hydroxylation is 1. The van der Waals surface area contributed by atoms with Crippen molar-refractivity contribution in [2.45, 2.75) is 44.7 Å². The number of hydrogen-bond donors (Lipinski definition) is 1. The molecule has 27 heavy (non-hydrogen) atoms. The molecule has 3 rings (SSSR count). The van der Waals surface area contributed by atoms with Crippen LogP contribution in [0.3, 0.4) is 0 Å². The summed E-state index contributed by atoms with van der Waals surface area (Å²) in [7, 11) is 1.51. The molecule has 2 amide bonds. The van der Waals surface area contributed by atoms with Crippen LogP contribution in [0.1, 0.15) is 42.6 Å². The maximum absolute atomic E-state index is 12.7. The normalized spacial score (nSPS) is 21.1. The summed E-state index contributed by atoms with van der Waals surface area (Å²) in [6.07, 6.45) is 7.22. The van der Waals surface area contributed by atoms with E-state index >= 15 is 0 Å². The van der Waals surface area contributed by atoms with Gasteiger partial charge in [0, 0.05) is 45.9 Å². The average molecular weight is 378 g/mol. The lowest BCUT2D eigenvalue weighted by molar-refractivity contribution is -0.135. The first-order valence-electron chi connectivity index (χ1n) is 9.87. The van der Waals surface area contributed by atoms with Crippen molar-refractivity contribution in [2.24, 2.45) is 0 Å². The molecule has 0 saturated carbocycles. The Morgan fingerprint density at radius 3 is 2.78 bits per heavy atom. The minimum atomic E-state index is -0.113. The topological polar surface area (TPSA) is 92.6 Å². The van der Waals surface area contributed by atoms with E-state index in [1.54, 1.807) is 20.7 Å². The summed E-state index contributed by atoms with van der Waals surface area (Å²) in [5, 5.41) is 11.7. The zero-order valence-corrected chi connectivity index (χ0v) is 16.1. The molecule has 0 bridgehead atoms. The Morgan fingerprint density at radius 1 is 1.19 bits per heavy atom. The summed E-state index contributed by atoms with van der Waals surface area (Å²) in [4.78, 5) is 28.2. The number of rotatable bonds is 6. The molecule has 0 spiro atoms. The van der Waals surface area contributed by atoms with E-state index in [0.717, 1.165) is 25.9 Å². The SMILES string of the molecule is COCC(=O)N1CCCN(C(=O)c2cn(CC[C@@H]3CCCCN3)nn2)CC1. The van der Waals surface area contributed by atoms with Crippen molar-refractivity contribution in [2.75, 3.05) is 46.4 Å². The third-order valence-electron chi connectivity index (χ3n) is 5.28. The van der Waals surface area contributed by atoms with E-state index < -0.39 is 0 Å². The van der Waals surface area contributed by atoms with Gasteiger partial charge in [-0.1, -0.05) is 11.6 Å². The molecule has 1 aromatic rings. The zero-order valence-electron chi connectivity index (χ0n) is 16.1. The summed E-state index contributed by atoms with van der Waals surface area (Å²) < 4.78 is 6.67. The van der Waals surface area contributed by atoms with Crippen molar-refractivity contribution < 1.29 is 14.3 Å². The molecule has 150 valence electrons. The fourth-order valence-corrected chi connectivity index (χ4v) is 3.71. The Balaban J connectivity index is 1.50. The standard InChI is InChI=1S/C18H30N6O3/c1-27-14-17(25)22-8-4-9-23(12-11-22)18(26)16-13-24(21-20-16)10-6-15-5-2-3-7-19-15/h13,15,19H,2-12,14H2,1H3/t15-/m0/s1. The van der Waals surface area contributed by atoms with E-state index in [0.29, 0.717) is 37.9 Å². The van der Waals surface area contributed by atoms with Crippen LogP contribution in [0.15, 0.2) is 6.20 Å². The highest BCUT2D eigenvalue weighted by Crippen LogP contribution is 2.12. The van der Waals surface area contributed by atoms with E-state index in [4.69, 9.17) is 4.74 Å². The van der Waals surface area contributed by atoms with Gasteiger partial charge >= 0.3 is 0 Å². The molecule has 3 heterocycles. The first-order valence-corrected chi connectivity index (χ1v) is 9.87. The Hall–Kier alpha value is -2.00. The Bertz CT molecular complexity index is 628. The molecular formula is C18H30N6O3. The highest BCUT2D eigenvalue weighted by Gasteiger charge is 2.24. The lowest BCUT2D eigenvalue weighted by Gasteiger charge is -2.23. The van der Waals surface area contributed by atoms with E-state index in [1.807, 2.05) is 0 Å². The Kier molecular flexibility index (Phi) is 7.17. The van der Waals surface area contributed by atoms with Crippen LogP contribution >= 0.6 is 0 Å². The molecule has 1 atom stereocenters. The van der Waals surface area contributed by atoms with Crippen LogP contribution < -0.4 is 5.32 Å². The number of aromatic nitrogens is 3. The number of carbonyl (C=O) groups excluding carboxylic acids is 2. The molecule has 0 aromatic carbocycles. The van der Waals surface area contributed by atoms with E-state index in [-0.39, 0.29) is 18.4 Å². The third-order valence-corrected chi connectivity index (χ3v) is 5.28. The van der Waals surface area contributed by atoms with Gasteiger partial charge in [0.15, 0.2) is 5.69 Å². The van der Waals surface area contributed by atoms with Gasteiger partial charge in [-0.2, -0.15) is 0 Å². The smallest absolute Gasteiger partial charge is 0.276 e. The van der Waals surface area contributed by atoms with Crippen molar-refractivity contribution in [3.63, 3.8) is 0 Å². The fourth-order valence-electron chi connectivity index (χ4n) is 3.71. The number of amides is 2. The Morgan fingerprint density at radius 2 is 2.00 bits per heavy atom. The second kappa shape index (κ2) is 9.80. The number of piperidine rings is 1. The zero-order chi connectivity index (χ0) is 19.1. The maximum Gasteiger partial charge on any atom is 0.276 e. The lowest BCUT2D eigenvalue weighted by Crippen LogP contribution is -2.38. The van der Waals surface area contributed by atoms with Crippen LogP contribution in [0.4, 0.5) is 0 Å². The minimum absolute atomic E-state index is 0.0333. The highest BCUT2D eigenvalue weighted by molar-refractivity contribution is 5.92. The van der Waals surface area contributed by atoms with Crippen LogP contribution in [0.5, 0.6) is 0 Å². The highest BCUT2D eigenvalue weighted by atomic mass is 16.5. The number of nitrogens with one attached hydrogen (secondary N) is 1. The first kappa shape index (κ1) is 19.8. The maximum atomic E-state index is 12.7. The van der Waals surface area contributed by atoms with Crippen LogP contribution in [-0.4, -0.2) is 89.1 Å². The second-order valence-corrected chi connectivity index (χ2v) is 7.26. The number of hydrogen-bond acceptors (Lipinski definition) is 6. The van der Waals surface area contributed by atoms with Gasteiger partial charge in [0.05, 0.1) is 6.20 Å². The van der Waals surface area contributed by atoms with Gasteiger partial charge in [-0.25, -0.2) is 0 Å². The molecule has 0 unspecified atom stereocenters. The first-order chi connectivity index (χ1) is 13.2. The Labute approximate surface area is 160 Å². The minimum Gasteiger partial charge on any atom is -0.375 e.